The maximum atomic E-state index is 13.9. The summed E-state index contributed by atoms with van der Waals surface area (Å²) in [6, 6.07) is 21.6. The number of carbonyl (C=O) groups is 1. The Bertz CT molecular complexity index is 920. The second kappa shape index (κ2) is 5.60. The average molecular weight is 317 g/mol. The van der Waals surface area contributed by atoms with Crippen LogP contribution >= 0.6 is 0 Å². The molecule has 1 amide bonds. The van der Waals surface area contributed by atoms with Gasteiger partial charge in [0.2, 0.25) is 0 Å². The van der Waals surface area contributed by atoms with Gasteiger partial charge in [-0.2, -0.15) is 0 Å². The predicted molar refractivity (Wildman–Crippen MR) is 93.5 cm³/mol. The van der Waals surface area contributed by atoms with Gasteiger partial charge < -0.3 is 4.90 Å². The highest BCUT2D eigenvalue weighted by atomic mass is 19.1. The number of anilines is 1. The summed E-state index contributed by atoms with van der Waals surface area (Å²) in [6.07, 6.45) is 0. The third-order valence-electron chi connectivity index (χ3n) is 4.55. The van der Waals surface area contributed by atoms with E-state index in [9.17, 15) is 9.18 Å². The van der Waals surface area contributed by atoms with Gasteiger partial charge >= 0.3 is 0 Å². The summed E-state index contributed by atoms with van der Waals surface area (Å²) >= 11 is 0. The van der Waals surface area contributed by atoms with Crippen LogP contribution in [-0.4, -0.2) is 5.91 Å². The van der Waals surface area contributed by atoms with Crippen LogP contribution < -0.4 is 4.90 Å². The van der Waals surface area contributed by atoms with Crippen molar-refractivity contribution in [2.75, 3.05) is 4.90 Å². The third-order valence-corrected chi connectivity index (χ3v) is 4.55. The Kier molecular flexibility index (Phi) is 3.42. The zero-order valence-electron chi connectivity index (χ0n) is 13.2. The summed E-state index contributed by atoms with van der Waals surface area (Å²) in [5.74, 6) is -0.462. The van der Waals surface area contributed by atoms with Gasteiger partial charge in [-0.1, -0.05) is 42.5 Å². The molecule has 0 radical (unpaired) electrons. The molecule has 24 heavy (non-hydrogen) atoms. The van der Waals surface area contributed by atoms with E-state index in [4.69, 9.17) is 0 Å². The lowest BCUT2D eigenvalue weighted by Crippen LogP contribution is -2.36. The van der Waals surface area contributed by atoms with E-state index in [0.29, 0.717) is 11.3 Å². The Balaban J connectivity index is 1.93. The molecule has 3 aromatic carbocycles. The van der Waals surface area contributed by atoms with Gasteiger partial charge in [0.1, 0.15) is 5.82 Å². The number of amides is 1. The zero-order valence-corrected chi connectivity index (χ0v) is 13.2. The molecule has 4 rings (SSSR count). The number of hydrogen-bond acceptors (Lipinski definition) is 1. The van der Waals surface area contributed by atoms with E-state index in [-0.39, 0.29) is 17.8 Å². The van der Waals surface area contributed by atoms with Crippen molar-refractivity contribution in [3.05, 3.63) is 89.7 Å². The van der Waals surface area contributed by atoms with Crippen LogP contribution in [0.3, 0.4) is 0 Å². The Morgan fingerprint density at radius 2 is 1.62 bits per heavy atom. The number of hydrogen-bond donors (Lipinski definition) is 0. The maximum Gasteiger partial charge on any atom is 0.258 e. The molecule has 0 spiro atoms. The topological polar surface area (TPSA) is 20.3 Å². The van der Waals surface area contributed by atoms with Gasteiger partial charge in [-0.3, -0.25) is 4.79 Å². The van der Waals surface area contributed by atoms with E-state index in [0.717, 1.165) is 16.7 Å². The molecule has 1 aliphatic heterocycles. The van der Waals surface area contributed by atoms with Crippen molar-refractivity contribution in [1.29, 1.82) is 0 Å². The number of halogens is 1. The lowest BCUT2D eigenvalue weighted by Gasteiger charge is -2.37. The minimum absolute atomic E-state index is 0.121. The normalized spacial score (nSPS) is 15.6. The van der Waals surface area contributed by atoms with Crippen LogP contribution in [0.25, 0.3) is 11.1 Å². The molecular weight excluding hydrogens is 301 g/mol. The van der Waals surface area contributed by atoms with Gasteiger partial charge in [0, 0.05) is 11.1 Å². The molecule has 0 fully saturated rings. The first-order valence-corrected chi connectivity index (χ1v) is 7.94. The SMILES string of the molecule is C[C@@H]1c2ccccc2-c2ccc(F)cc2N1C(=O)c1ccccc1. The summed E-state index contributed by atoms with van der Waals surface area (Å²) in [6.45, 7) is 1.98. The van der Waals surface area contributed by atoms with Gasteiger partial charge in [-0.05, 0) is 48.4 Å². The van der Waals surface area contributed by atoms with Crippen molar-refractivity contribution in [3.63, 3.8) is 0 Å². The van der Waals surface area contributed by atoms with Crippen LogP contribution in [0.2, 0.25) is 0 Å². The molecule has 0 saturated carbocycles. The Morgan fingerprint density at radius 1 is 0.917 bits per heavy atom. The number of nitrogens with zero attached hydrogens (tertiary/aromatic N) is 1. The molecule has 0 N–H and O–H groups in total. The van der Waals surface area contributed by atoms with Crippen LogP contribution in [0.4, 0.5) is 10.1 Å². The predicted octanol–water partition coefficient (Wildman–Crippen LogP) is 5.21. The molecule has 1 heterocycles. The molecule has 0 aromatic heterocycles. The Labute approximate surface area is 140 Å². The lowest BCUT2D eigenvalue weighted by atomic mass is 9.88. The molecule has 0 bridgehead atoms. The summed E-state index contributed by atoms with van der Waals surface area (Å²) in [4.78, 5) is 14.8. The van der Waals surface area contributed by atoms with Gasteiger partial charge in [-0.25, -0.2) is 4.39 Å². The fourth-order valence-electron chi connectivity index (χ4n) is 3.39. The largest absolute Gasteiger partial charge is 0.300 e. The van der Waals surface area contributed by atoms with Gasteiger partial charge in [0.05, 0.1) is 11.7 Å². The number of rotatable bonds is 1. The first-order valence-electron chi connectivity index (χ1n) is 7.94. The molecule has 1 aliphatic rings. The van der Waals surface area contributed by atoms with E-state index in [1.54, 1.807) is 23.1 Å². The summed E-state index contributed by atoms with van der Waals surface area (Å²) < 4.78 is 13.9. The number of carbonyl (C=O) groups excluding carboxylic acids is 1. The fraction of sp³-hybridized carbons (Fsp3) is 0.0952. The monoisotopic (exact) mass is 317 g/mol. The smallest absolute Gasteiger partial charge is 0.258 e. The highest BCUT2D eigenvalue weighted by Crippen LogP contribution is 2.45. The molecule has 3 aromatic rings. The average Bonchev–Trinajstić information content (AvgIpc) is 2.62. The van der Waals surface area contributed by atoms with Crippen LogP contribution in [0.15, 0.2) is 72.8 Å². The molecular formula is C21H16FNO. The molecule has 2 nitrogen and oxygen atoms in total. The molecule has 3 heteroatoms. The second-order valence-electron chi connectivity index (χ2n) is 5.97. The van der Waals surface area contributed by atoms with E-state index in [1.807, 2.05) is 49.4 Å². The van der Waals surface area contributed by atoms with E-state index in [1.165, 1.54) is 12.1 Å². The highest BCUT2D eigenvalue weighted by molar-refractivity contribution is 6.10. The standard InChI is InChI=1S/C21H16FNO/c1-14-17-9-5-6-10-18(17)19-12-11-16(22)13-20(19)23(14)21(24)15-7-3-2-4-8-15/h2-14H,1H3/t14-/m1/s1. The summed E-state index contributed by atoms with van der Waals surface area (Å²) in [5, 5.41) is 0. The Hall–Kier alpha value is -2.94. The first-order chi connectivity index (χ1) is 11.7. The lowest BCUT2D eigenvalue weighted by molar-refractivity contribution is 0.0978. The molecule has 0 aliphatic carbocycles. The minimum atomic E-state index is -0.341. The van der Waals surface area contributed by atoms with Crippen molar-refractivity contribution in [2.24, 2.45) is 0 Å². The molecule has 118 valence electrons. The van der Waals surface area contributed by atoms with E-state index >= 15 is 0 Å². The van der Waals surface area contributed by atoms with Crippen molar-refractivity contribution < 1.29 is 9.18 Å². The van der Waals surface area contributed by atoms with E-state index in [2.05, 4.69) is 0 Å². The molecule has 0 unspecified atom stereocenters. The van der Waals surface area contributed by atoms with Gasteiger partial charge in [-0.15, -0.1) is 0 Å². The van der Waals surface area contributed by atoms with Crippen LogP contribution in [0.1, 0.15) is 28.9 Å². The summed E-state index contributed by atoms with van der Waals surface area (Å²) in [5.41, 5.74) is 4.22. The van der Waals surface area contributed by atoms with Crippen LogP contribution in [0.5, 0.6) is 0 Å². The second-order valence-corrected chi connectivity index (χ2v) is 5.97. The fourth-order valence-corrected chi connectivity index (χ4v) is 3.39. The highest BCUT2D eigenvalue weighted by Gasteiger charge is 2.32. The van der Waals surface area contributed by atoms with Crippen LogP contribution in [-0.2, 0) is 0 Å². The Morgan fingerprint density at radius 3 is 2.42 bits per heavy atom. The first kappa shape index (κ1) is 14.6. The van der Waals surface area contributed by atoms with Crippen molar-refractivity contribution in [3.8, 4) is 11.1 Å². The molecule has 1 atom stereocenters. The van der Waals surface area contributed by atoms with E-state index < -0.39 is 0 Å². The third kappa shape index (κ3) is 2.21. The zero-order chi connectivity index (χ0) is 16.7. The van der Waals surface area contributed by atoms with Gasteiger partial charge in [0.15, 0.2) is 0 Å². The molecule has 0 saturated heterocycles. The van der Waals surface area contributed by atoms with Gasteiger partial charge in [0.25, 0.3) is 5.91 Å². The number of fused-ring (bicyclic) bond motifs is 3. The van der Waals surface area contributed by atoms with Crippen LogP contribution in [0, 0.1) is 5.82 Å². The maximum absolute atomic E-state index is 13.9. The quantitative estimate of drug-likeness (QED) is 0.603. The minimum Gasteiger partial charge on any atom is -0.300 e. The van der Waals surface area contributed by atoms with Crippen molar-refractivity contribution >= 4 is 11.6 Å². The van der Waals surface area contributed by atoms with Crippen molar-refractivity contribution in [2.45, 2.75) is 13.0 Å². The number of benzene rings is 3. The van der Waals surface area contributed by atoms with Crippen molar-refractivity contribution in [1.82, 2.24) is 0 Å². The summed E-state index contributed by atoms with van der Waals surface area (Å²) in [7, 11) is 0.